The molecule has 0 aromatic heterocycles. The highest BCUT2D eigenvalue weighted by Crippen LogP contribution is 2.33. The molecule has 0 saturated heterocycles. The van der Waals surface area contributed by atoms with E-state index in [0.717, 1.165) is 31.5 Å². The van der Waals surface area contributed by atoms with E-state index >= 15 is 0 Å². The van der Waals surface area contributed by atoms with E-state index in [1.165, 1.54) is 25.7 Å². The first-order valence-electron chi connectivity index (χ1n) is 8.48. The first kappa shape index (κ1) is 17.9. The predicted molar refractivity (Wildman–Crippen MR) is 86.8 cm³/mol. The first-order chi connectivity index (χ1) is 9.49. The Morgan fingerprint density at radius 1 is 1.25 bits per heavy atom. The molecule has 0 spiro atoms. The molecule has 0 amide bonds. The molecular formula is C17H36N2O. The van der Waals surface area contributed by atoms with E-state index in [4.69, 9.17) is 10.5 Å². The summed E-state index contributed by atoms with van der Waals surface area (Å²) in [6.45, 7) is 12.3. The molecule has 0 aromatic rings. The molecule has 0 heterocycles. The molecule has 1 fully saturated rings. The predicted octanol–water partition coefficient (Wildman–Crippen LogP) is 3.13. The molecule has 2 N–H and O–H groups in total. The minimum Gasteiger partial charge on any atom is -0.383 e. The lowest BCUT2D eigenvalue weighted by Gasteiger charge is -2.40. The van der Waals surface area contributed by atoms with Gasteiger partial charge in [0, 0.05) is 32.3 Å². The molecule has 4 atom stereocenters. The Morgan fingerprint density at radius 3 is 2.50 bits per heavy atom. The maximum absolute atomic E-state index is 6.40. The third-order valence-corrected chi connectivity index (χ3v) is 5.29. The van der Waals surface area contributed by atoms with Crippen LogP contribution < -0.4 is 5.73 Å². The summed E-state index contributed by atoms with van der Waals surface area (Å²) in [6.07, 6.45) is 5.01. The molecule has 20 heavy (non-hydrogen) atoms. The Morgan fingerprint density at radius 2 is 1.95 bits per heavy atom. The summed E-state index contributed by atoms with van der Waals surface area (Å²) >= 11 is 0. The van der Waals surface area contributed by atoms with Crippen molar-refractivity contribution in [1.82, 2.24) is 4.90 Å². The van der Waals surface area contributed by atoms with E-state index in [9.17, 15) is 0 Å². The highest BCUT2D eigenvalue weighted by atomic mass is 16.5. The lowest BCUT2D eigenvalue weighted by Crippen LogP contribution is -2.47. The van der Waals surface area contributed by atoms with Gasteiger partial charge in [0.15, 0.2) is 0 Å². The van der Waals surface area contributed by atoms with Crippen LogP contribution in [0.5, 0.6) is 0 Å². The maximum Gasteiger partial charge on any atom is 0.0589 e. The topological polar surface area (TPSA) is 38.5 Å². The van der Waals surface area contributed by atoms with Gasteiger partial charge in [0.2, 0.25) is 0 Å². The van der Waals surface area contributed by atoms with Crippen LogP contribution in [-0.4, -0.2) is 43.8 Å². The number of methoxy groups -OCH3 is 1. The third-order valence-electron chi connectivity index (χ3n) is 5.29. The Labute approximate surface area is 126 Å². The van der Waals surface area contributed by atoms with Crippen LogP contribution in [0.1, 0.15) is 53.4 Å². The lowest BCUT2D eigenvalue weighted by atomic mass is 9.73. The second kappa shape index (κ2) is 9.01. The van der Waals surface area contributed by atoms with E-state index in [1.54, 1.807) is 7.11 Å². The zero-order valence-electron chi connectivity index (χ0n) is 14.3. The fraction of sp³-hybridized carbons (Fsp3) is 1.00. The van der Waals surface area contributed by atoms with Crippen LogP contribution in [0.2, 0.25) is 0 Å². The summed E-state index contributed by atoms with van der Waals surface area (Å²) in [5, 5.41) is 0. The van der Waals surface area contributed by atoms with Crippen LogP contribution in [-0.2, 0) is 4.74 Å². The van der Waals surface area contributed by atoms with Crippen molar-refractivity contribution in [3.8, 4) is 0 Å². The zero-order valence-corrected chi connectivity index (χ0v) is 14.3. The first-order valence-corrected chi connectivity index (χ1v) is 8.48. The summed E-state index contributed by atoms with van der Waals surface area (Å²) in [7, 11) is 1.79. The molecule has 1 rings (SSSR count). The van der Waals surface area contributed by atoms with Crippen molar-refractivity contribution in [2.24, 2.45) is 23.5 Å². The highest BCUT2D eigenvalue weighted by Gasteiger charge is 2.31. The number of hydrogen-bond donors (Lipinski definition) is 1. The van der Waals surface area contributed by atoms with Crippen LogP contribution in [0.3, 0.4) is 0 Å². The fourth-order valence-electron chi connectivity index (χ4n) is 3.40. The summed E-state index contributed by atoms with van der Waals surface area (Å²) in [5.41, 5.74) is 6.40. The van der Waals surface area contributed by atoms with E-state index in [-0.39, 0.29) is 0 Å². The minimum absolute atomic E-state index is 0.388. The van der Waals surface area contributed by atoms with Crippen LogP contribution in [0.15, 0.2) is 0 Å². The number of nitrogens with two attached hydrogens (primary N) is 1. The van der Waals surface area contributed by atoms with Crippen LogP contribution in [0.25, 0.3) is 0 Å². The fourth-order valence-corrected chi connectivity index (χ4v) is 3.40. The van der Waals surface area contributed by atoms with Gasteiger partial charge in [0.05, 0.1) is 6.61 Å². The van der Waals surface area contributed by atoms with Gasteiger partial charge in [-0.1, -0.05) is 20.8 Å². The molecular weight excluding hydrogens is 248 g/mol. The van der Waals surface area contributed by atoms with E-state index in [2.05, 4.69) is 32.6 Å². The monoisotopic (exact) mass is 284 g/mol. The number of ether oxygens (including phenoxy) is 1. The van der Waals surface area contributed by atoms with Crippen molar-refractivity contribution < 1.29 is 4.74 Å². The van der Waals surface area contributed by atoms with Gasteiger partial charge in [-0.2, -0.15) is 0 Å². The largest absolute Gasteiger partial charge is 0.383 e. The average molecular weight is 284 g/mol. The minimum atomic E-state index is 0.388. The molecule has 0 bridgehead atoms. The standard InChI is InChI=1S/C17H36N2O/c1-6-14(4)19(9-10-20-5)12-16-11-15(13(2)3)7-8-17(16)18/h13-17H,6-12,18H2,1-5H3. The molecule has 1 aliphatic carbocycles. The highest BCUT2D eigenvalue weighted by molar-refractivity contribution is 4.86. The lowest BCUT2D eigenvalue weighted by molar-refractivity contribution is 0.0829. The molecule has 1 aliphatic rings. The molecule has 0 aromatic carbocycles. The van der Waals surface area contributed by atoms with Gasteiger partial charge < -0.3 is 10.5 Å². The number of nitrogens with zero attached hydrogens (tertiary/aromatic N) is 1. The number of hydrogen-bond acceptors (Lipinski definition) is 3. The molecule has 3 heteroatoms. The second-order valence-electron chi connectivity index (χ2n) is 6.99. The van der Waals surface area contributed by atoms with Gasteiger partial charge in [0.1, 0.15) is 0 Å². The Balaban J connectivity index is 2.59. The van der Waals surface area contributed by atoms with Gasteiger partial charge in [-0.25, -0.2) is 0 Å². The number of rotatable bonds is 8. The van der Waals surface area contributed by atoms with Gasteiger partial charge >= 0.3 is 0 Å². The molecule has 120 valence electrons. The smallest absolute Gasteiger partial charge is 0.0589 e. The molecule has 0 radical (unpaired) electrons. The Bertz CT molecular complexity index is 257. The summed E-state index contributed by atoms with van der Waals surface area (Å²) in [6, 6.07) is 1.01. The Kier molecular flexibility index (Phi) is 8.08. The van der Waals surface area contributed by atoms with Gasteiger partial charge in [0.25, 0.3) is 0 Å². The van der Waals surface area contributed by atoms with E-state index in [1.807, 2.05) is 0 Å². The van der Waals surface area contributed by atoms with Crippen molar-refractivity contribution in [2.75, 3.05) is 26.8 Å². The second-order valence-corrected chi connectivity index (χ2v) is 6.99. The quantitative estimate of drug-likeness (QED) is 0.744. The van der Waals surface area contributed by atoms with Crippen molar-refractivity contribution in [2.45, 2.75) is 65.5 Å². The van der Waals surface area contributed by atoms with Gasteiger partial charge in [-0.15, -0.1) is 0 Å². The van der Waals surface area contributed by atoms with Crippen molar-refractivity contribution >= 4 is 0 Å². The Hall–Kier alpha value is -0.120. The maximum atomic E-state index is 6.40. The summed E-state index contributed by atoms with van der Waals surface area (Å²) < 4.78 is 5.27. The van der Waals surface area contributed by atoms with Gasteiger partial charge in [-0.05, 0) is 50.4 Å². The normalized spacial score (nSPS) is 29.1. The van der Waals surface area contributed by atoms with Crippen molar-refractivity contribution in [3.05, 3.63) is 0 Å². The zero-order chi connectivity index (χ0) is 15.1. The summed E-state index contributed by atoms with van der Waals surface area (Å²) in [4.78, 5) is 2.58. The van der Waals surface area contributed by atoms with Crippen LogP contribution >= 0.6 is 0 Å². The molecule has 4 unspecified atom stereocenters. The van der Waals surface area contributed by atoms with Gasteiger partial charge in [-0.3, -0.25) is 4.90 Å². The molecule has 3 nitrogen and oxygen atoms in total. The van der Waals surface area contributed by atoms with Crippen LogP contribution in [0, 0.1) is 17.8 Å². The average Bonchev–Trinajstić information content (AvgIpc) is 2.44. The van der Waals surface area contributed by atoms with E-state index < -0.39 is 0 Å². The molecule has 0 aliphatic heterocycles. The van der Waals surface area contributed by atoms with Crippen molar-refractivity contribution in [3.63, 3.8) is 0 Å². The molecule has 1 saturated carbocycles. The van der Waals surface area contributed by atoms with Crippen LogP contribution in [0.4, 0.5) is 0 Å². The third kappa shape index (κ3) is 5.34. The SMILES string of the molecule is CCC(C)N(CCOC)CC1CC(C(C)C)CCC1N. The summed E-state index contributed by atoms with van der Waals surface area (Å²) in [5.74, 6) is 2.31. The van der Waals surface area contributed by atoms with E-state index in [0.29, 0.717) is 18.0 Å². The van der Waals surface area contributed by atoms with Crippen molar-refractivity contribution in [1.29, 1.82) is 0 Å².